The first-order valence-corrected chi connectivity index (χ1v) is 32.5. The summed E-state index contributed by atoms with van der Waals surface area (Å²) >= 11 is 0. The van der Waals surface area contributed by atoms with Gasteiger partial charge in [0, 0.05) is 114 Å². The Labute approximate surface area is 640 Å². The third kappa shape index (κ3) is 22.6. The second-order valence-electron chi connectivity index (χ2n) is 23.8. The Balaban J connectivity index is 0.000000179. The van der Waals surface area contributed by atoms with Crippen LogP contribution in [0.3, 0.4) is 0 Å². The van der Waals surface area contributed by atoms with Crippen LogP contribution in [0, 0.1) is 77.7 Å². The molecule has 1 aliphatic carbocycles. The van der Waals surface area contributed by atoms with Gasteiger partial charge in [-0.05, 0) is 140 Å². The van der Waals surface area contributed by atoms with Crippen molar-refractivity contribution in [1.82, 2.24) is 29.9 Å². The number of halogens is 1. The maximum Gasteiger partial charge on any atom is 0.155 e. The van der Waals surface area contributed by atoms with Crippen molar-refractivity contribution in [2.75, 3.05) is 0 Å². The molecule has 0 saturated heterocycles. The van der Waals surface area contributed by atoms with Gasteiger partial charge in [-0.25, -0.2) is 4.39 Å². The number of aromatic nitrogens is 6. The van der Waals surface area contributed by atoms with E-state index in [0.29, 0.717) is 0 Å². The van der Waals surface area contributed by atoms with E-state index < -0.39 is 0 Å². The number of aryl methyl sites for hydroxylation is 6. The Morgan fingerprint density at radius 3 is 1.39 bits per heavy atom. The van der Waals surface area contributed by atoms with E-state index in [0.717, 1.165) is 102 Å². The van der Waals surface area contributed by atoms with Crippen LogP contribution in [-0.2, 0) is 71.5 Å². The van der Waals surface area contributed by atoms with Gasteiger partial charge >= 0.3 is 0 Å². The van der Waals surface area contributed by atoms with Crippen molar-refractivity contribution in [2.45, 2.75) is 61.8 Å². The number of allylic oxidation sites excluding steroid dienone is 2. The van der Waals surface area contributed by atoms with E-state index in [1.165, 1.54) is 82.1 Å². The minimum absolute atomic E-state index is 0. The third-order valence-corrected chi connectivity index (χ3v) is 15.7. The zero-order chi connectivity index (χ0) is 69.5. The van der Waals surface area contributed by atoms with Crippen LogP contribution >= 0.6 is 0 Å². The van der Waals surface area contributed by atoms with Gasteiger partial charge in [0.05, 0.1) is 17.1 Å². The topological polar surface area (TPSA) is 115 Å². The van der Waals surface area contributed by atoms with Gasteiger partial charge in [0.2, 0.25) is 0 Å². The Morgan fingerprint density at radius 1 is 0.412 bits per heavy atom. The summed E-state index contributed by atoms with van der Waals surface area (Å²) < 4.78 is 12.9. The fraction of sp³-hybridized carbons (Fsp3) is 0.100. The average Bonchev–Trinajstić information content (AvgIpc) is 1.33. The van der Waals surface area contributed by atoms with Crippen LogP contribution < -0.4 is 0 Å². The zero-order valence-corrected chi connectivity index (χ0v) is 64.9. The Hall–Kier alpha value is -10.3. The number of ketones is 1. The largest absolute Gasteiger partial charge is 0.512 e. The van der Waals surface area contributed by atoms with Crippen molar-refractivity contribution in [1.29, 1.82) is 0 Å². The molecule has 0 amide bonds. The van der Waals surface area contributed by atoms with Crippen molar-refractivity contribution < 1.29 is 74.6 Å². The van der Waals surface area contributed by atoms with Gasteiger partial charge in [-0.2, -0.15) is 0 Å². The first kappa shape index (κ1) is 79.1. The summed E-state index contributed by atoms with van der Waals surface area (Å²) in [6.45, 7) is 15.5. The smallest absolute Gasteiger partial charge is 0.155 e. The van der Waals surface area contributed by atoms with Crippen LogP contribution in [0.5, 0.6) is 0 Å². The van der Waals surface area contributed by atoms with Crippen LogP contribution in [0.4, 0.5) is 4.39 Å². The molecular formula is C90H74FIr3N6O2-5. The van der Waals surface area contributed by atoms with Gasteiger partial charge in [0.15, 0.2) is 5.78 Å². The van der Waals surface area contributed by atoms with Gasteiger partial charge in [0.25, 0.3) is 0 Å². The molecule has 0 spiro atoms. The molecule has 0 atom stereocenters. The van der Waals surface area contributed by atoms with Crippen LogP contribution in [-0.4, -0.2) is 40.8 Å². The molecule has 102 heavy (non-hydrogen) atoms. The molecule has 5 heterocycles. The first-order valence-electron chi connectivity index (χ1n) is 32.5. The summed E-state index contributed by atoms with van der Waals surface area (Å²) in [4.78, 5) is 37.6. The molecule has 0 saturated carbocycles. The van der Waals surface area contributed by atoms with Crippen molar-refractivity contribution in [2.24, 2.45) is 0 Å². The fourth-order valence-electron chi connectivity index (χ4n) is 11.4. The number of nitrogens with zero attached hydrogens (tertiary/aromatic N) is 6. The molecule has 9 aromatic carbocycles. The number of hydrogen-bond donors (Lipinski definition) is 1. The molecule has 12 heteroatoms. The Morgan fingerprint density at radius 2 is 0.912 bits per heavy atom. The number of hydrogen-bond acceptors (Lipinski definition) is 8. The molecular weight excluding hydrogens is 1790 g/mol. The summed E-state index contributed by atoms with van der Waals surface area (Å²) in [6, 6.07) is 97.5. The molecule has 515 valence electrons. The Bertz CT molecular complexity index is 4760. The molecule has 5 aromatic heterocycles. The van der Waals surface area contributed by atoms with E-state index >= 15 is 0 Å². The van der Waals surface area contributed by atoms with E-state index in [1.807, 2.05) is 152 Å². The van der Waals surface area contributed by atoms with Crippen LogP contribution in [0.25, 0.3) is 101 Å². The second kappa shape index (κ2) is 39.7. The number of fused-ring (bicyclic) bond motifs is 3. The SMILES string of the molecule is CC(=O)C=C(C)O.Cc1[c-]c(-c2ncc(-c3c(C)cccc3C)nc2-c2cc(C)cc(C)c2)cc(C)c1.Fc1ccc(-c2ccc(-c3[c-]cccc3)nc2)cc1.[Ir].[Ir].[Ir].[c-]1ccccc1-c1cc2c(cn1)-c1ccccc1C2.[c-]1ccccc1-c1ccccn1.[c-]1ccccc1-c1ccccn1. The molecule has 14 aromatic rings. The van der Waals surface area contributed by atoms with Crippen LogP contribution in [0.15, 0.2) is 292 Å². The molecule has 1 aliphatic rings. The van der Waals surface area contributed by atoms with Crippen molar-refractivity contribution >= 4 is 5.78 Å². The predicted octanol–water partition coefficient (Wildman–Crippen LogP) is 21.7. The molecule has 0 aliphatic heterocycles. The second-order valence-corrected chi connectivity index (χ2v) is 23.8. The van der Waals surface area contributed by atoms with E-state index in [9.17, 15) is 9.18 Å². The molecule has 0 bridgehead atoms. The summed E-state index contributed by atoms with van der Waals surface area (Å²) in [5, 5.41) is 8.36. The molecule has 3 radical (unpaired) electrons. The number of aliphatic hydroxyl groups is 1. The molecule has 1 N–H and O–H groups in total. The molecule has 0 unspecified atom stereocenters. The van der Waals surface area contributed by atoms with Gasteiger partial charge in [-0.3, -0.25) is 9.78 Å². The summed E-state index contributed by atoms with van der Waals surface area (Å²) in [5.74, 6) is -0.292. The number of carbonyl (C=O) groups excluding carboxylic acids is 1. The number of rotatable bonds is 9. The fourth-order valence-corrected chi connectivity index (χ4v) is 11.4. The van der Waals surface area contributed by atoms with Gasteiger partial charge in [-0.15, -0.1) is 178 Å². The molecule has 15 rings (SSSR count). The third-order valence-electron chi connectivity index (χ3n) is 15.7. The van der Waals surface area contributed by atoms with Crippen molar-refractivity contribution in [3.63, 3.8) is 0 Å². The maximum atomic E-state index is 12.9. The zero-order valence-electron chi connectivity index (χ0n) is 57.8. The van der Waals surface area contributed by atoms with E-state index in [-0.39, 0.29) is 77.7 Å². The summed E-state index contributed by atoms with van der Waals surface area (Å²) in [6.07, 6.45) is 11.4. The monoisotopic (exact) mass is 1870 g/mol. The predicted molar refractivity (Wildman–Crippen MR) is 400 cm³/mol. The van der Waals surface area contributed by atoms with Gasteiger partial charge in [0.1, 0.15) is 5.82 Å². The van der Waals surface area contributed by atoms with E-state index in [4.69, 9.17) is 15.1 Å². The number of pyridine rings is 4. The standard InChI is InChI=1S/C28H27N2.C18H12N.C17H11FN.2C11H8N.C5H8O2.3Ir/c1-17-10-18(2)13-23(12-17)27-28(24-14-19(3)11-20(4)15-24)30-25(16-29-27)26-21(5)8-7-9-22(26)6;1-2-6-13(7-3-1)18-11-15-10-14-8-4-5-9-16(14)17(15)12-19-18;18-16-9-6-13(7-10-16)15-8-11-17(19-12-15)14-4-2-1-3-5-14;2*1-2-6-10(7-3-1)11-8-4-5-9-12-11;1-4(6)3-5(2)7;;;/h7-12,14-16H,1-6H3;1-6,8-9,11-12H,10H2;1-4,6-12H;2*1-6,8-9H;3,6H,1-2H3;;;/q5*-1;;;;. The van der Waals surface area contributed by atoms with Crippen LogP contribution in [0.1, 0.15) is 58.4 Å². The normalized spacial score (nSPS) is 10.5. The number of aliphatic hydroxyl groups excluding tert-OH is 1. The van der Waals surface area contributed by atoms with E-state index in [2.05, 4.69) is 177 Å². The van der Waals surface area contributed by atoms with Crippen molar-refractivity contribution in [3.05, 3.63) is 372 Å². The van der Waals surface area contributed by atoms with Crippen molar-refractivity contribution in [3.8, 4) is 101 Å². The molecule has 8 nitrogen and oxygen atoms in total. The minimum atomic E-state index is -0.229. The number of carbonyl (C=O) groups is 1. The summed E-state index contributed by atoms with van der Waals surface area (Å²) in [5.41, 5.74) is 28.3. The van der Waals surface area contributed by atoms with Gasteiger partial charge in [-0.1, -0.05) is 140 Å². The summed E-state index contributed by atoms with van der Waals surface area (Å²) in [7, 11) is 0. The van der Waals surface area contributed by atoms with Crippen LogP contribution in [0.2, 0.25) is 0 Å². The number of benzene rings is 9. The minimum Gasteiger partial charge on any atom is -0.512 e. The quantitative estimate of drug-likeness (QED) is 0.0863. The maximum absolute atomic E-state index is 12.9. The molecule has 0 fully saturated rings. The Kier molecular flexibility index (Phi) is 30.8. The first-order chi connectivity index (χ1) is 48.1. The van der Waals surface area contributed by atoms with E-state index in [1.54, 1.807) is 30.7 Å². The van der Waals surface area contributed by atoms with Gasteiger partial charge < -0.3 is 30.0 Å². The average molecular weight is 1870 g/mol.